The lowest BCUT2D eigenvalue weighted by Crippen LogP contribution is -2.52. The van der Waals surface area contributed by atoms with Crippen molar-refractivity contribution in [3.05, 3.63) is 94.5 Å². The molecule has 0 radical (unpaired) electrons. The Bertz CT molecular complexity index is 1430. The molecule has 3 rings (SSSR count). The maximum Gasteiger partial charge on any atom is 0.264 e. The molecule has 0 fully saturated rings. The fourth-order valence-electron chi connectivity index (χ4n) is 4.40. The number of hydrogen-bond acceptors (Lipinski definition) is 4. The molecule has 0 aromatic heterocycles. The van der Waals surface area contributed by atoms with Crippen LogP contribution in [0.15, 0.2) is 77.7 Å². The van der Waals surface area contributed by atoms with Gasteiger partial charge in [0, 0.05) is 18.1 Å². The van der Waals surface area contributed by atoms with E-state index < -0.39 is 28.5 Å². The van der Waals surface area contributed by atoms with Gasteiger partial charge in [0.2, 0.25) is 11.8 Å². The molecular weight excluding hydrogens is 546 g/mol. The maximum atomic E-state index is 14.2. The number of amides is 2. The number of nitrogens with one attached hydrogen (secondary N) is 1. The fraction of sp³-hybridized carbons (Fsp3) is 0.355. The molecule has 0 bridgehead atoms. The summed E-state index contributed by atoms with van der Waals surface area (Å²) < 4.78 is 29.0. The number of anilines is 1. The zero-order valence-corrected chi connectivity index (χ0v) is 25.3. The summed E-state index contributed by atoms with van der Waals surface area (Å²) in [7, 11) is -4.15. The molecule has 1 N–H and O–H groups in total. The predicted octanol–water partition coefficient (Wildman–Crippen LogP) is 5.73. The Labute approximate surface area is 243 Å². The summed E-state index contributed by atoms with van der Waals surface area (Å²) in [5.74, 6) is -0.525. The lowest BCUT2D eigenvalue weighted by atomic mass is 10.1. The molecule has 9 heteroatoms. The van der Waals surface area contributed by atoms with Crippen LogP contribution in [0, 0.1) is 19.8 Å². The Morgan fingerprint density at radius 2 is 1.57 bits per heavy atom. The second-order valence-corrected chi connectivity index (χ2v) is 12.6. The van der Waals surface area contributed by atoms with Crippen molar-refractivity contribution in [1.82, 2.24) is 10.2 Å². The van der Waals surface area contributed by atoms with Gasteiger partial charge in [0.15, 0.2) is 0 Å². The molecule has 7 nitrogen and oxygen atoms in total. The molecule has 3 aromatic carbocycles. The van der Waals surface area contributed by atoms with Crippen LogP contribution in [0.1, 0.15) is 43.9 Å². The highest BCUT2D eigenvalue weighted by molar-refractivity contribution is 7.92. The third kappa shape index (κ3) is 7.64. The fourth-order valence-corrected chi connectivity index (χ4v) is 6.06. The van der Waals surface area contributed by atoms with Crippen LogP contribution in [-0.4, -0.2) is 44.3 Å². The van der Waals surface area contributed by atoms with Crippen molar-refractivity contribution in [3.8, 4) is 0 Å². The average Bonchev–Trinajstić information content (AvgIpc) is 2.93. The van der Waals surface area contributed by atoms with E-state index in [0.29, 0.717) is 29.2 Å². The van der Waals surface area contributed by atoms with Crippen LogP contribution in [0.25, 0.3) is 0 Å². The van der Waals surface area contributed by atoms with Crippen molar-refractivity contribution < 1.29 is 18.0 Å². The van der Waals surface area contributed by atoms with E-state index in [2.05, 4.69) is 5.32 Å². The third-order valence-electron chi connectivity index (χ3n) is 6.72. The van der Waals surface area contributed by atoms with Gasteiger partial charge in [0.05, 0.1) is 10.6 Å². The van der Waals surface area contributed by atoms with E-state index in [9.17, 15) is 18.0 Å². The van der Waals surface area contributed by atoms with Gasteiger partial charge in [0.25, 0.3) is 10.0 Å². The molecule has 0 heterocycles. The zero-order valence-electron chi connectivity index (χ0n) is 23.7. The summed E-state index contributed by atoms with van der Waals surface area (Å²) in [5, 5.41) is 3.29. The number of rotatable bonds is 12. The molecule has 0 spiro atoms. The second-order valence-electron chi connectivity index (χ2n) is 10.3. The highest BCUT2D eigenvalue weighted by atomic mass is 35.5. The first-order chi connectivity index (χ1) is 18.9. The minimum Gasteiger partial charge on any atom is -0.354 e. The van der Waals surface area contributed by atoms with E-state index in [0.717, 1.165) is 15.4 Å². The summed E-state index contributed by atoms with van der Waals surface area (Å²) in [4.78, 5) is 29.0. The molecular formula is C31H38ClN3O4S. The standard InChI is InChI=1S/C31H38ClN3O4S/c1-6-28(31(37)33-19-22(2)3)34(20-25-13-11-10-12-23(25)4)30(36)21-35(29-18-26(32)17-16-24(29)5)40(38,39)27-14-8-7-9-15-27/h7-18,22,28H,6,19-21H2,1-5H3,(H,33,37)/t28-/m0/s1. The molecule has 1 atom stereocenters. The lowest BCUT2D eigenvalue weighted by molar-refractivity contribution is -0.140. The molecule has 0 aliphatic carbocycles. The number of nitrogens with zero attached hydrogens (tertiary/aromatic N) is 2. The molecule has 3 aromatic rings. The summed E-state index contributed by atoms with van der Waals surface area (Å²) in [6, 6.07) is 19.8. The third-order valence-corrected chi connectivity index (χ3v) is 8.73. The zero-order chi connectivity index (χ0) is 29.4. The van der Waals surface area contributed by atoms with Crippen molar-refractivity contribution in [1.29, 1.82) is 0 Å². The van der Waals surface area contributed by atoms with Crippen molar-refractivity contribution >= 4 is 39.1 Å². The van der Waals surface area contributed by atoms with Gasteiger partial charge in [-0.3, -0.25) is 13.9 Å². The summed E-state index contributed by atoms with van der Waals surface area (Å²) in [6.45, 7) is 9.68. The van der Waals surface area contributed by atoms with E-state index in [1.165, 1.54) is 17.0 Å². The first-order valence-corrected chi connectivity index (χ1v) is 15.2. The largest absolute Gasteiger partial charge is 0.354 e. The van der Waals surface area contributed by atoms with Crippen molar-refractivity contribution in [2.45, 2.75) is 58.5 Å². The molecule has 214 valence electrons. The SMILES string of the molecule is CC[C@@H](C(=O)NCC(C)C)N(Cc1ccccc1C)C(=O)CN(c1cc(Cl)ccc1C)S(=O)(=O)c1ccccc1. The normalized spacial score (nSPS) is 12.2. The van der Waals surface area contributed by atoms with E-state index in [1.807, 2.05) is 52.0 Å². The van der Waals surface area contributed by atoms with Crippen LogP contribution in [0.5, 0.6) is 0 Å². The number of sulfonamides is 1. The van der Waals surface area contributed by atoms with Gasteiger partial charge >= 0.3 is 0 Å². The molecule has 2 amide bonds. The molecule has 0 saturated carbocycles. The molecule has 0 aliphatic heterocycles. The number of benzene rings is 3. The number of aryl methyl sites for hydroxylation is 2. The van der Waals surface area contributed by atoms with Gasteiger partial charge in [-0.25, -0.2) is 8.42 Å². The van der Waals surface area contributed by atoms with E-state index >= 15 is 0 Å². The smallest absolute Gasteiger partial charge is 0.264 e. The first-order valence-electron chi connectivity index (χ1n) is 13.4. The Kier molecular flexibility index (Phi) is 10.8. The summed E-state index contributed by atoms with van der Waals surface area (Å²) in [6.07, 6.45) is 0.364. The maximum absolute atomic E-state index is 14.2. The minimum atomic E-state index is -4.15. The van der Waals surface area contributed by atoms with Crippen LogP contribution in [0.3, 0.4) is 0 Å². The van der Waals surface area contributed by atoms with Crippen LogP contribution in [0.2, 0.25) is 5.02 Å². The predicted molar refractivity (Wildman–Crippen MR) is 161 cm³/mol. The number of carbonyl (C=O) groups excluding carboxylic acids is 2. The van der Waals surface area contributed by atoms with Crippen LogP contribution >= 0.6 is 11.6 Å². The lowest BCUT2D eigenvalue weighted by Gasteiger charge is -2.34. The average molecular weight is 584 g/mol. The van der Waals surface area contributed by atoms with Crippen molar-refractivity contribution in [3.63, 3.8) is 0 Å². The highest BCUT2D eigenvalue weighted by Crippen LogP contribution is 2.30. The van der Waals surface area contributed by atoms with Crippen LogP contribution in [0.4, 0.5) is 5.69 Å². The topological polar surface area (TPSA) is 86.8 Å². The molecule has 0 aliphatic rings. The van der Waals surface area contributed by atoms with E-state index in [4.69, 9.17) is 11.6 Å². The van der Waals surface area contributed by atoms with Gasteiger partial charge in [-0.05, 0) is 67.1 Å². The molecule has 0 unspecified atom stereocenters. The van der Waals surface area contributed by atoms with Gasteiger partial charge in [-0.15, -0.1) is 0 Å². The van der Waals surface area contributed by atoms with Crippen LogP contribution in [-0.2, 0) is 26.2 Å². The Morgan fingerprint density at radius 1 is 0.925 bits per heavy atom. The van der Waals surface area contributed by atoms with Gasteiger partial charge in [-0.1, -0.05) is 80.9 Å². The quantitative estimate of drug-likeness (QED) is 0.295. The number of carbonyl (C=O) groups is 2. The summed E-state index contributed by atoms with van der Waals surface area (Å²) >= 11 is 6.29. The minimum absolute atomic E-state index is 0.0503. The van der Waals surface area contributed by atoms with Gasteiger partial charge < -0.3 is 10.2 Å². The molecule has 40 heavy (non-hydrogen) atoms. The van der Waals surface area contributed by atoms with Crippen molar-refractivity contribution in [2.24, 2.45) is 5.92 Å². The number of hydrogen-bond donors (Lipinski definition) is 1. The molecule has 0 saturated heterocycles. The Morgan fingerprint density at radius 3 is 2.20 bits per heavy atom. The van der Waals surface area contributed by atoms with E-state index in [1.54, 1.807) is 43.3 Å². The number of halogens is 1. The second kappa shape index (κ2) is 13.8. The van der Waals surface area contributed by atoms with E-state index in [-0.39, 0.29) is 23.3 Å². The van der Waals surface area contributed by atoms with Crippen LogP contribution < -0.4 is 9.62 Å². The van der Waals surface area contributed by atoms with Gasteiger partial charge in [-0.2, -0.15) is 0 Å². The van der Waals surface area contributed by atoms with Crippen molar-refractivity contribution in [2.75, 3.05) is 17.4 Å². The Hall–Kier alpha value is -3.36. The highest BCUT2D eigenvalue weighted by Gasteiger charge is 2.34. The summed E-state index contributed by atoms with van der Waals surface area (Å²) in [5.41, 5.74) is 2.79. The van der Waals surface area contributed by atoms with Gasteiger partial charge in [0.1, 0.15) is 12.6 Å². The first kappa shape index (κ1) is 31.2. The monoisotopic (exact) mass is 583 g/mol. The Balaban J connectivity index is 2.09.